The molecule has 0 atom stereocenters. The maximum Gasteiger partial charge on any atom is 0.198 e. The zero-order valence-electron chi connectivity index (χ0n) is 10.7. The standard InChI is InChI=1S/C12H17ClN4/c1-5-9(6-2)11-15-16-12-10(13)14-7(3)8(4)17(11)12/h9H,5-6H2,1-4H3. The van der Waals surface area contributed by atoms with Crippen LogP contribution in [-0.4, -0.2) is 19.6 Å². The molecule has 5 heteroatoms. The molecule has 17 heavy (non-hydrogen) atoms. The van der Waals surface area contributed by atoms with Gasteiger partial charge < -0.3 is 0 Å². The Kier molecular flexibility index (Phi) is 3.33. The van der Waals surface area contributed by atoms with Crippen molar-refractivity contribution >= 4 is 17.2 Å². The minimum absolute atomic E-state index is 0.418. The van der Waals surface area contributed by atoms with Crippen LogP contribution in [0.2, 0.25) is 5.15 Å². The number of aryl methyl sites for hydroxylation is 2. The molecular formula is C12H17ClN4. The van der Waals surface area contributed by atoms with Gasteiger partial charge in [-0.1, -0.05) is 25.4 Å². The van der Waals surface area contributed by atoms with Gasteiger partial charge in [-0.05, 0) is 26.7 Å². The highest BCUT2D eigenvalue weighted by Crippen LogP contribution is 2.25. The second-order valence-electron chi connectivity index (χ2n) is 4.30. The van der Waals surface area contributed by atoms with Gasteiger partial charge in [0.1, 0.15) is 5.82 Å². The summed E-state index contributed by atoms with van der Waals surface area (Å²) < 4.78 is 2.04. The number of hydrogen-bond acceptors (Lipinski definition) is 3. The van der Waals surface area contributed by atoms with Crippen LogP contribution in [0.1, 0.15) is 49.8 Å². The van der Waals surface area contributed by atoms with Crippen LogP contribution in [0.15, 0.2) is 0 Å². The van der Waals surface area contributed by atoms with E-state index >= 15 is 0 Å². The van der Waals surface area contributed by atoms with E-state index in [9.17, 15) is 0 Å². The van der Waals surface area contributed by atoms with Crippen LogP contribution in [0, 0.1) is 13.8 Å². The number of hydrogen-bond donors (Lipinski definition) is 0. The summed E-state index contributed by atoms with van der Waals surface area (Å²) in [6.07, 6.45) is 2.10. The lowest BCUT2D eigenvalue weighted by atomic mass is 10.0. The Hall–Kier alpha value is -1.16. The average molecular weight is 253 g/mol. The predicted octanol–water partition coefficient (Wildman–Crippen LogP) is 3.30. The Labute approximate surface area is 106 Å². The van der Waals surface area contributed by atoms with E-state index in [1.807, 2.05) is 18.2 Å². The highest BCUT2D eigenvalue weighted by atomic mass is 35.5. The van der Waals surface area contributed by atoms with Gasteiger partial charge in [0.25, 0.3) is 0 Å². The molecule has 0 bridgehead atoms. The highest BCUT2D eigenvalue weighted by Gasteiger charge is 2.19. The van der Waals surface area contributed by atoms with Crippen molar-refractivity contribution in [3.8, 4) is 0 Å². The van der Waals surface area contributed by atoms with E-state index in [0.717, 1.165) is 30.1 Å². The van der Waals surface area contributed by atoms with Crippen molar-refractivity contribution in [2.45, 2.75) is 46.5 Å². The van der Waals surface area contributed by atoms with Gasteiger partial charge in [0.05, 0.1) is 5.69 Å². The van der Waals surface area contributed by atoms with E-state index in [0.29, 0.717) is 16.7 Å². The SMILES string of the molecule is CCC(CC)c1nnc2c(Cl)nc(C)c(C)n12. The lowest BCUT2D eigenvalue weighted by molar-refractivity contribution is 0.592. The van der Waals surface area contributed by atoms with Gasteiger partial charge in [0, 0.05) is 11.6 Å². The third-order valence-electron chi connectivity index (χ3n) is 3.35. The van der Waals surface area contributed by atoms with Crippen LogP contribution in [0.25, 0.3) is 5.65 Å². The predicted molar refractivity (Wildman–Crippen MR) is 68.6 cm³/mol. The summed E-state index contributed by atoms with van der Waals surface area (Å²) in [5, 5.41) is 8.87. The third-order valence-corrected chi connectivity index (χ3v) is 3.60. The molecule has 0 N–H and O–H groups in total. The molecule has 0 spiro atoms. The van der Waals surface area contributed by atoms with Crippen molar-refractivity contribution in [3.63, 3.8) is 0 Å². The topological polar surface area (TPSA) is 43.1 Å². The molecule has 0 aliphatic carbocycles. The highest BCUT2D eigenvalue weighted by molar-refractivity contribution is 6.32. The van der Waals surface area contributed by atoms with E-state index < -0.39 is 0 Å². The molecule has 2 rings (SSSR count). The summed E-state index contributed by atoms with van der Waals surface area (Å²) >= 11 is 6.10. The van der Waals surface area contributed by atoms with Gasteiger partial charge in [-0.2, -0.15) is 0 Å². The zero-order chi connectivity index (χ0) is 12.6. The Bertz CT molecular complexity index is 543. The summed E-state index contributed by atoms with van der Waals surface area (Å²) in [6, 6.07) is 0. The van der Waals surface area contributed by atoms with Crippen molar-refractivity contribution in [1.29, 1.82) is 0 Å². The maximum atomic E-state index is 6.10. The molecule has 0 aliphatic rings. The van der Waals surface area contributed by atoms with E-state index in [-0.39, 0.29) is 0 Å². The summed E-state index contributed by atoms with van der Waals surface area (Å²) in [5.41, 5.74) is 2.66. The average Bonchev–Trinajstić information content (AvgIpc) is 2.73. The Morgan fingerprint density at radius 1 is 1.18 bits per heavy atom. The monoisotopic (exact) mass is 252 g/mol. The molecule has 0 saturated carbocycles. The van der Waals surface area contributed by atoms with Gasteiger partial charge in [0.15, 0.2) is 10.8 Å². The number of halogens is 1. The molecule has 0 aliphatic heterocycles. The molecule has 0 saturated heterocycles. The quantitative estimate of drug-likeness (QED) is 0.842. The van der Waals surface area contributed by atoms with Crippen molar-refractivity contribution in [2.75, 3.05) is 0 Å². The van der Waals surface area contributed by atoms with Crippen molar-refractivity contribution in [3.05, 3.63) is 22.4 Å². The fourth-order valence-electron chi connectivity index (χ4n) is 2.12. The summed E-state index contributed by atoms with van der Waals surface area (Å²) in [6.45, 7) is 8.32. The van der Waals surface area contributed by atoms with Crippen LogP contribution < -0.4 is 0 Å². The summed E-state index contributed by atoms with van der Waals surface area (Å²) in [5.74, 6) is 1.41. The molecule has 2 aromatic rings. The minimum Gasteiger partial charge on any atom is -0.279 e. The fourth-order valence-corrected chi connectivity index (χ4v) is 2.37. The summed E-state index contributed by atoms with van der Waals surface area (Å²) in [7, 11) is 0. The zero-order valence-corrected chi connectivity index (χ0v) is 11.4. The molecule has 2 aromatic heterocycles. The molecule has 4 nitrogen and oxygen atoms in total. The molecular weight excluding hydrogens is 236 g/mol. The lowest BCUT2D eigenvalue weighted by Gasteiger charge is -2.12. The first-order valence-electron chi connectivity index (χ1n) is 5.97. The van der Waals surface area contributed by atoms with Crippen molar-refractivity contribution in [2.24, 2.45) is 0 Å². The number of aromatic nitrogens is 4. The maximum absolute atomic E-state index is 6.10. The number of rotatable bonds is 3. The van der Waals surface area contributed by atoms with Gasteiger partial charge in [-0.3, -0.25) is 4.40 Å². The van der Waals surface area contributed by atoms with Crippen LogP contribution in [0.4, 0.5) is 0 Å². The normalized spacial score (nSPS) is 11.6. The van der Waals surface area contributed by atoms with Crippen LogP contribution >= 0.6 is 11.6 Å². The van der Waals surface area contributed by atoms with E-state index in [1.54, 1.807) is 0 Å². The molecule has 2 heterocycles. The fraction of sp³-hybridized carbons (Fsp3) is 0.583. The molecule has 0 aromatic carbocycles. The number of fused-ring (bicyclic) bond motifs is 1. The molecule has 0 fully saturated rings. The minimum atomic E-state index is 0.418. The largest absolute Gasteiger partial charge is 0.279 e. The van der Waals surface area contributed by atoms with E-state index in [4.69, 9.17) is 11.6 Å². The first kappa shape index (κ1) is 12.3. The van der Waals surface area contributed by atoms with E-state index in [1.165, 1.54) is 0 Å². The first-order valence-corrected chi connectivity index (χ1v) is 6.35. The lowest BCUT2D eigenvalue weighted by Crippen LogP contribution is -2.07. The van der Waals surface area contributed by atoms with Crippen molar-refractivity contribution < 1.29 is 0 Å². The third kappa shape index (κ3) is 1.90. The first-order chi connectivity index (χ1) is 8.10. The molecule has 92 valence electrons. The summed E-state index contributed by atoms with van der Waals surface area (Å²) in [4.78, 5) is 4.27. The second-order valence-corrected chi connectivity index (χ2v) is 4.66. The molecule has 0 amide bonds. The Morgan fingerprint density at radius 2 is 1.82 bits per heavy atom. The Balaban J connectivity index is 2.74. The molecule has 0 unspecified atom stereocenters. The van der Waals surface area contributed by atoms with Crippen LogP contribution in [-0.2, 0) is 0 Å². The van der Waals surface area contributed by atoms with Gasteiger partial charge in [-0.15, -0.1) is 10.2 Å². The van der Waals surface area contributed by atoms with Crippen LogP contribution in [0.5, 0.6) is 0 Å². The smallest absolute Gasteiger partial charge is 0.198 e. The van der Waals surface area contributed by atoms with Crippen molar-refractivity contribution in [1.82, 2.24) is 19.6 Å². The number of nitrogens with zero attached hydrogens (tertiary/aromatic N) is 4. The Morgan fingerprint density at radius 3 is 2.41 bits per heavy atom. The molecule has 0 radical (unpaired) electrons. The van der Waals surface area contributed by atoms with Gasteiger partial charge in [0.2, 0.25) is 0 Å². The van der Waals surface area contributed by atoms with Gasteiger partial charge >= 0.3 is 0 Å². The van der Waals surface area contributed by atoms with Crippen LogP contribution in [0.3, 0.4) is 0 Å². The second kappa shape index (κ2) is 4.61. The van der Waals surface area contributed by atoms with E-state index in [2.05, 4.69) is 29.0 Å². The van der Waals surface area contributed by atoms with Gasteiger partial charge in [-0.25, -0.2) is 4.98 Å².